The third kappa shape index (κ3) is 6.43. The van der Waals surface area contributed by atoms with Crippen LogP contribution in [-0.2, 0) is 14.3 Å². The van der Waals surface area contributed by atoms with Crippen molar-refractivity contribution in [3.63, 3.8) is 0 Å². The van der Waals surface area contributed by atoms with Gasteiger partial charge in [-0.05, 0) is 32.9 Å². The molecule has 2 rings (SSSR count). The molecule has 0 spiro atoms. The minimum atomic E-state index is -0.112. The van der Waals surface area contributed by atoms with E-state index in [0.29, 0.717) is 43.6 Å². The standard InChI is InChI=1S/C20H30N2O5/c1-4-25-17-8-7-16(13-18(17)26-5-2)21-19(23)14-22-11-9-15(10-12-22)20(24)27-6-3/h7-8,13,15H,4-6,9-12,14H2,1-3H3,(H,21,23)/p+1. The second-order valence-corrected chi connectivity index (χ2v) is 6.53. The number of rotatable bonds is 9. The van der Waals surface area contributed by atoms with Crippen molar-refractivity contribution in [3.05, 3.63) is 18.2 Å². The van der Waals surface area contributed by atoms with Crippen molar-refractivity contribution in [2.24, 2.45) is 5.92 Å². The van der Waals surface area contributed by atoms with Gasteiger partial charge in [0.05, 0.1) is 38.8 Å². The van der Waals surface area contributed by atoms with E-state index in [4.69, 9.17) is 14.2 Å². The van der Waals surface area contributed by atoms with E-state index in [1.165, 1.54) is 4.90 Å². The molecule has 7 heteroatoms. The number of quaternary nitrogens is 1. The van der Waals surface area contributed by atoms with E-state index in [-0.39, 0.29) is 17.8 Å². The molecule has 1 amide bonds. The molecule has 1 aromatic rings. The molecule has 1 aliphatic heterocycles. The molecule has 0 bridgehead atoms. The van der Waals surface area contributed by atoms with Gasteiger partial charge >= 0.3 is 5.97 Å². The quantitative estimate of drug-likeness (QED) is 0.632. The van der Waals surface area contributed by atoms with Crippen molar-refractivity contribution in [2.75, 3.05) is 44.8 Å². The fourth-order valence-electron chi connectivity index (χ4n) is 3.26. The van der Waals surface area contributed by atoms with Gasteiger partial charge in [-0.25, -0.2) is 0 Å². The molecule has 1 saturated heterocycles. The highest BCUT2D eigenvalue weighted by Crippen LogP contribution is 2.30. The maximum atomic E-state index is 12.4. The van der Waals surface area contributed by atoms with Crippen LogP contribution < -0.4 is 19.7 Å². The molecule has 150 valence electrons. The third-order valence-electron chi connectivity index (χ3n) is 4.55. The molecule has 1 aliphatic rings. The molecule has 0 saturated carbocycles. The number of hydrogen-bond donors (Lipinski definition) is 2. The summed E-state index contributed by atoms with van der Waals surface area (Å²) in [6, 6.07) is 5.41. The van der Waals surface area contributed by atoms with Crippen LogP contribution in [0.3, 0.4) is 0 Å². The third-order valence-corrected chi connectivity index (χ3v) is 4.55. The summed E-state index contributed by atoms with van der Waals surface area (Å²) in [7, 11) is 0. The maximum absolute atomic E-state index is 12.4. The summed E-state index contributed by atoms with van der Waals surface area (Å²) in [5.74, 6) is 1.10. The molecular weight excluding hydrogens is 348 g/mol. The Balaban J connectivity index is 1.85. The van der Waals surface area contributed by atoms with E-state index >= 15 is 0 Å². The Labute approximate surface area is 161 Å². The number of nitrogens with one attached hydrogen (secondary N) is 2. The van der Waals surface area contributed by atoms with Crippen molar-refractivity contribution >= 4 is 17.6 Å². The maximum Gasteiger partial charge on any atom is 0.309 e. The largest absolute Gasteiger partial charge is 0.490 e. The minimum Gasteiger partial charge on any atom is -0.490 e. The summed E-state index contributed by atoms with van der Waals surface area (Å²) in [6.45, 7) is 9.11. The Bertz CT molecular complexity index is 627. The van der Waals surface area contributed by atoms with Crippen LogP contribution in [0, 0.1) is 5.92 Å². The molecular formula is C20H31N2O5+. The van der Waals surface area contributed by atoms with E-state index in [1.807, 2.05) is 32.9 Å². The second kappa shape index (κ2) is 10.8. The Hall–Kier alpha value is -2.28. The Morgan fingerprint density at radius 2 is 1.70 bits per heavy atom. The predicted molar refractivity (Wildman–Crippen MR) is 102 cm³/mol. The Morgan fingerprint density at radius 1 is 1.04 bits per heavy atom. The van der Waals surface area contributed by atoms with E-state index in [2.05, 4.69) is 5.32 Å². The van der Waals surface area contributed by atoms with Crippen LogP contribution in [0.5, 0.6) is 11.5 Å². The fraction of sp³-hybridized carbons (Fsp3) is 0.600. The zero-order chi connectivity index (χ0) is 19.6. The molecule has 1 fully saturated rings. The normalized spacial score (nSPS) is 19.2. The number of anilines is 1. The van der Waals surface area contributed by atoms with E-state index in [0.717, 1.165) is 25.9 Å². The van der Waals surface area contributed by atoms with Gasteiger partial charge in [0.15, 0.2) is 18.0 Å². The summed E-state index contributed by atoms with van der Waals surface area (Å²) >= 11 is 0. The Kier molecular flexibility index (Phi) is 8.39. The van der Waals surface area contributed by atoms with Crippen LogP contribution in [0.25, 0.3) is 0 Å². The highest BCUT2D eigenvalue weighted by atomic mass is 16.5. The number of hydrogen-bond acceptors (Lipinski definition) is 5. The van der Waals surface area contributed by atoms with Crippen LogP contribution in [0.1, 0.15) is 33.6 Å². The fourth-order valence-corrected chi connectivity index (χ4v) is 3.26. The molecule has 0 radical (unpaired) electrons. The molecule has 0 unspecified atom stereocenters. The SMILES string of the molecule is CCOC(=O)C1CC[NH+](CC(=O)Nc2ccc(OCC)c(OCC)c2)CC1. The summed E-state index contributed by atoms with van der Waals surface area (Å²) in [5.41, 5.74) is 0.688. The number of ether oxygens (including phenoxy) is 3. The average Bonchev–Trinajstić information content (AvgIpc) is 2.65. The van der Waals surface area contributed by atoms with Crippen LogP contribution in [0.2, 0.25) is 0 Å². The van der Waals surface area contributed by atoms with E-state index in [1.54, 1.807) is 6.07 Å². The molecule has 0 atom stereocenters. The van der Waals surface area contributed by atoms with Crippen molar-refractivity contribution < 1.29 is 28.7 Å². The van der Waals surface area contributed by atoms with Gasteiger partial charge in [0.25, 0.3) is 5.91 Å². The van der Waals surface area contributed by atoms with Crippen LogP contribution >= 0.6 is 0 Å². The average molecular weight is 379 g/mol. The zero-order valence-electron chi connectivity index (χ0n) is 16.5. The molecule has 7 nitrogen and oxygen atoms in total. The van der Waals surface area contributed by atoms with Crippen molar-refractivity contribution in [1.82, 2.24) is 0 Å². The monoisotopic (exact) mass is 379 g/mol. The van der Waals surface area contributed by atoms with Crippen LogP contribution in [0.4, 0.5) is 5.69 Å². The Morgan fingerprint density at radius 3 is 2.33 bits per heavy atom. The van der Waals surface area contributed by atoms with E-state index < -0.39 is 0 Å². The first-order chi connectivity index (χ1) is 13.1. The summed E-state index contributed by atoms with van der Waals surface area (Å²) in [5, 5.41) is 2.92. The molecule has 1 heterocycles. The highest BCUT2D eigenvalue weighted by molar-refractivity contribution is 5.91. The lowest BCUT2D eigenvalue weighted by atomic mass is 9.97. The number of likely N-dealkylation sites (tertiary alicyclic amines) is 1. The van der Waals surface area contributed by atoms with Gasteiger partial charge in [0.2, 0.25) is 0 Å². The topological polar surface area (TPSA) is 78.3 Å². The first kappa shape index (κ1) is 21.0. The number of amides is 1. The molecule has 0 aromatic heterocycles. The van der Waals surface area contributed by atoms with Crippen LogP contribution in [0.15, 0.2) is 18.2 Å². The zero-order valence-corrected chi connectivity index (χ0v) is 16.5. The lowest BCUT2D eigenvalue weighted by Gasteiger charge is -2.27. The van der Waals surface area contributed by atoms with Gasteiger partial charge in [0.1, 0.15) is 0 Å². The highest BCUT2D eigenvalue weighted by Gasteiger charge is 2.29. The minimum absolute atomic E-state index is 0.0309. The van der Waals surface area contributed by atoms with Gasteiger partial charge in [0, 0.05) is 24.6 Å². The first-order valence-corrected chi connectivity index (χ1v) is 9.77. The molecule has 2 N–H and O–H groups in total. The number of benzene rings is 1. The summed E-state index contributed by atoms with van der Waals surface area (Å²) in [4.78, 5) is 25.4. The van der Waals surface area contributed by atoms with Gasteiger partial charge < -0.3 is 24.4 Å². The van der Waals surface area contributed by atoms with Crippen molar-refractivity contribution in [2.45, 2.75) is 33.6 Å². The lowest BCUT2D eigenvalue weighted by molar-refractivity contribution is -0.897. The molecule has 27 heavy (non-hydrogen) atoms. The van der Waals surface area contributed by atoms with Gasteiger partial charge in [-0.15, -0.1) is 0 Å². The van der Waals surface area contributed by atoms with E-state index in [9.17, 15) is 9.59 Å². The molecule has 1 aromatic carbocycles. The number of carbonyl (C=O) groups excluding carboxylic acids is 2. The summed E-state index contributed by atoms with van der Waals surface area (Å²) < 4.78 is 16.2. The van der Waals surface area contributed by atoms with Crippen LogP contribution in [-0.4, -0.2) is 51.3 Å². The van der Waals surface area contributed by atoms with Crippen molar-refractivity contribution in [3.8, 4) is 11.5 Å². The smallest absolute Gasteiger partial charge is 0.309 e. The van der Waals surface area contributed by atoms with Gasteiger partial charge in [-0.2, -0.15) is 0 Å². The number of carbonyl (C=O) groups is 2. The second-order valence-electron chi connectivity index (χ2n) is 6.53. The lowest BCUT2D eigenvalue weighted by Crippen LogP contribution is -3.14. The molecule has 0 aliphatic carbocycles. The predicted octanol–water partition coefficient (Wildman–Crippen LogP) is 1.28. The first-order valence-electron chi connectivity index (χ1n) is 9.77. The number of piperidine rings is 1. The van der Waals surface area contributed by atoms with Crippen molar-refractivity contribution in [1.29, 1.82) is 0 Å². The summed E-state index contributed by atoms with van der Waals surface area (Å²) in [6.07, 6.45) is 1.53. The van der Waals surface area contributed by atoms with Gasteiger partial charge in [-0.3, -0.25) is 9.59 Å². The number of esters is 1. The van der Waals surface area contributed by atoms with Gasteiger partial charge in [-0.1, -0.05) is 0 Å².